The molecule has 0 amide bonds. The molecule has 0 spiro atoms. The molecule has 3 aromatic carbocycles. The van der Waals surface area contributed by atoms with Crippen LogP contribution < -0.4 is 4.90 Å². The Morgan fingerprint density at radius 2 is 1.52 bits per heavy atom. The summed E-state index contributed by atoms with van der Waals surface area (Å²) in [6.45, 7) is 0.573. The van der Waals surface area contributed by atoms with Gasteiger partial charge in [0.25, 0.3) is 0 Å². The van der Waals surface area contributed by atoms with Crippen molar-refractivity contribution in [1.29, 1.82) is 0 Å². The summed E-state index contributed by atoms with van der Waals surface area (Å²) in [5.74, 6) is 0. The molecule has 1 aliphatic heterocycles. The summed E-state index contributed by atoms with van der Waals surface area (Å²) in [7, 11) is 0. The van der Waals surface area contributed by atoms with Gasteiger partial charge in [-0.3, -0.25) is 9.89 Å². The highest BCUT2D eigenvalue weighted by Crippen LogP contribution is 2.39. The molecule has 4 nitrogen and oxygen atoms in total. The Morgan fingerprint density at radius 3 is 2.17 bits per heavy atom. The summed E-state index contributed by atoms with van der Waals surface area (Å²) < 4.78 is 0. The molecule has 0 radical (unpaired) electrons. The number of benzene rings is 3. The van der Waals surface area contributed by atoms with E-state index < -0.39 is 6.23 Å². The molecule has 3 aromatic rings. The highest BCUT2D eigenvalue weighted by Gasteiger charge is 2.34. The van der Waals surface area contributed by atoms with Gasteiger partial charge in [0.15, 0.2) is 11.4 Å². The molecule has 5 heteroatoms. The van der Waals surface area contributed by atoms with E-state index in [4.69, 9.17) is 4.99 Å². The first-order chi connectivity index (χ1) is 14.2. The number of aliphatic imine (C=N–C) groups is 1. The first-order valence-electron chi connectivity index (χ1n) is 9.44. The van der Waals surface area contributed by atoms with Crippen LogP contribution in [-0.4, -0.2) is 21.6 Å². The highest BCUT2D eigenvalue weighted by atomic mass is 32.2. The van der Waals surface area contributed by atoms with Crippen molar-refractivity contribution >= 4 is 28.7 Å². The molecular formula is C24H22N2O2S. The van der Waals surface area contributed by atoms with Crippen LogP contribution in [0.25, 0.3) is 6.08 Å². The van der Waals surface area contributed by atoms with Crippen molar-refractivity contribution in [3.8, 4) is 0 Å². The van der Waals surface area contributed by atoms with Gasteiger partial charge in [-0.15, -0.1) is 0 Å². The third kappa shape index (κ3) is 4.59. The summed E-state index contributed by atoms with van der Waals surface area (Å²) in [5, 5.41) is 21.0. The average Bonchev–Trinajstić information content (AvgIpc) is 3.09. The second-order valence-corrected chi connectivity index (χ2v) is 7.75. The Hall–Kier alpha value is -2.86. The van der Waals surface area contributed by atoms with Crippen molar-refractivity contribution in [2.24, 2.45) is 4.99 Å². The van der Waals surface area contributed by atoms with E-state index in [-0.39, 0.29) is 6.61 Å². The van der Waals surface area contributed by atoms with Crippen LogP contribution in [0.5, 0.6) is 0 Å². The number of anilines is 1. The molecule has 1 saturated heterocycles. The predicted molar refractivity (Wildman–Crippen MR) is 120 cm³/mol. The quantitative estimate of drug-likeness (QED) is 0.652. The molecule has 1 heterocycles. The van der Waals surface area contributed by atoms with Gasteiger partial charge in [0.05, 0.1) is 13.2 Å². The molecule has 0 aliphatic carbocycles. The number of rotatable bonds is 5. The zero-order valence-corrected chi connectivity index (χ0v) is 16.7. The molecule has 146 valence electrons. The zero-order valence-electron chi connectivity index (χ0n) is 15.8. The van der Waals surface area contributed by atoms with Crippen LogP contribution in [-0.2, 0) is 13.2 Å². The van der Waals surface area contributed by atoms with E-state index in [9.17, 15) is 10.2 Å². The van der Waals surface area contributed by atoms with Crippen molar-refractivity contribution in [3.63, 3.8) is 0 Å². The number of para-hydroxylation sites is 1. The van der Waals surface area contributed by atoms with Gasteiger partial charge in [-0.25, -0.2) is 0 Å². The predicted octanol–water partition coefficient (Wildman–Crippen LogP) is 4.65. The van der Waals surface area contributed by atoms with Crippen LogP contribution in [0.2, 0.25) is 0 Å². The molecule has 29 heavy (non-hydrogen) atoms. The van der Waals surface area contributed by atoms with Crippen molar-refractivity contribution in [1.82, 2.24) is 0 Å². The van der Waals surface area contributed by atoms with Crippen LogP contribution >= 0.6 is 11.8 Å². The largest absolute Gasteiger partial charge is 0.392 e. The van der Waals surface area contributed by atoms with Crippen LogP contribution in [0, 0.1) is 0 Å². The minimum atomic E-state index is -0.797. The van der Waals surface area contributed by atoms with E-state index >= 15 is 0 Å². The number of aliphatic hydroxyl groups is 2. The van der Waals surface area contributed by atoms with E-state index in [2.05, 4.69) is 0 Å². The number of hydrogen-bond donors (Lipinski definition) is 2. The molecule has 4 rings (SSSR count). The van der Waals surface area contributed by atoms with Gasteiger partial charge in [0, 0.05) is 10.6 Å². The molecule has 2 N–H and O–H groups in total. The fourth-order valence-corrected chi connectivity index (χ4v) is 4.17. The minimum absolute atomic E-state index is 0.0201. The van der Waals surface area contributed by atoms with Gasteiger partial charge < -0.3 is 10.2 Å². The number of hydrogen-bond acceptors (Lipinski definition) is 4. The fraction of sp³-hybridized carbons (Fsp3) is 0.125. The van der Waals surface area contributed by atoms with E-state index in [1.165, 1.54) is 11.8 Å². The van der Waals surface area contributed by atoms with Crippen LogP contribution in [0.1, 0.15) is 16.7 Å². The maximum absolute atomic E-state index is 11.0. The summed E-state index contributed by atoms with van der Waals surface area (Å²) in [6, 6.07) is 27.6. The minimum Gasteiger partial charge on any atom is -0.392 e. The Kier molecular flexibility index (Phi) is 6.10. The second-order valence-electron chi connectivity index (χ2n) is 6.71. The normalized spacial score (nSPS) is 19.2. The first-order valence-corrected chi connectivity index (χ1v) is 10.3. The van der Waals surface area contributed by atoms with Crippen molar-refractivity contribution in [2.45, 2.75) is 19.4 Å². The average molecular weight is 403 g/mol. The van der Waals surface area contributed by atoms with Gasteiger partial charge in [-0.2, -0.15) is 0 Å². The maximum atomic E-state index is 11.0. The van der Waals surface area contributed by atoms with Crippen LogP contribution in [0.15, 0.2) is 94.8 Å². The number of aliphatic hydroxyl groups excluding tert-OH is 2. The lowest BCUT2D eigenvalue weighted by Gasteiger charge is -2.22. The molecule has 0 aromatic heterocycles. The Morgan fingerprint density at radius 1 is 0.862 bits per heavy atom. The molecule has 1 fully saturated rings. The van der Waals surface area contributed by atoms with E-state index in [0.717, 1.165) is 32.5 Å². The molecule has 1 aliphatic rings. The van der Waals surface area contributed by atoms with Gasteiger partial charge in [0.1, 0.15) is 0 Å². The van der Waals surface area contributed by atoms with E-state index in [1.54, 1.807) is 0 Å². The summed E-state index contributed by atoms with van der Waals surface area (Å²) in [4.78, 5) is 7.47. The van der Waals surface area contributed by atoms with E-state index in [1.807, 2.05) is 95.9 Å². The zero-order chi connectivity index (χ0) is 20.1. The van der Waals surface area contributed by atoms with Gasteiger partial charge >= 0.3 is 0 Å². The molecule has 1 atom stereocenters. The lowest BCUT2D eigenvalue weighted by molar-refractivity contribution is 0.233. The number of thioether (sulfide) groups is 1. The smallest absolute Gasteiger partial charge is 0.171 e. The number of amidine groups is 1. The molecule has 1 unspecified atom stereocenters. The lowest BCUT2D eigenvalue weighted by atomic mass is 10.1. The summed E-state index contributed by atoms with van der Waals surface area (Å²) in [5.41, 5.74) is 3.86. The third-order valence-corrected chi connectivity index (χ3v) is 5.73. The Labute approximate surface area is 174 Å². The topological polar surface area (TPSA) is 56.1 Å². The molecular weight excluding hydrogens is 380 g/mol. The van der Waals surface area contributed by atoms with Crippen LogP contribution in [0.4, 0.5) is 5.69 Å². The van der Waals surface area contributed by atoms with Crippen molar-refractivity contribution in [2.75, 3.05) is 4.90 Å². The fourth-order valence-electron chi connectivity index (χ4n) is 3.12. The Bertz CT molecular complexity index is 1000. The molecule has 0 saturated carbocycles. The summed E-state index contributed by atoms with van der Waals surface area (Å²) >= 11 is 1.48. The van der Waals surface area contributed by atoms with Gasteiger partial charge in [-0.05, 0) is 34.9 Å². The highest BCUT2D eigenvalue weighted by molar-refractivity contribution is 8.18. The SMILES string of the molecule is OCc1ccc(C=C2SC(=NCc3ccccc3)N(c3ccccc3)C2O)cc1. The van der Waals surface area contributed by atoms with E-state index in [0.29, 0.717) is 6.54 Å². The number of nitrogens with zero attached hydrogens (tertiary/aromatic N) is 2. The summed E-state index contributed by atoms with van der Waals surface area (Å²) in [6.07, 6.45) is 1.17. The molecule has 0 bridgehead atoms. The van der Waals surface area contributed by atoms with Gasteiger partial charge in [-0.1, -0.05) is 84.6 Å². The lowest BCUT2D eigenvalue weighted by Crippen LogP contribution is -2.33. The third-order valence-electron chi connectivity index (χ3n) is 4.66. The van der Waals surface area contributed by atoms with Crippen LogP contribution in [0.3, 0.4) is 0 Å². The maximum Gasteiger partial charge on any atom is 0.171 e. The monoisotopic (exact) mass is 402 g/mol. The van der Waals surface area contributed by atoms with Gasteiger partial charge in [0.2, 0.25) is 0 Å². The van der Waals surface area contributed by atoms with Crippen molar-refractivity contribution in [3.05, 3.63) is 107 Å². The standard InChI is InChI=1S/C24H22N2O2S/c27-17-20-13-11-18(12-14-20)15-22-23(28)26(21-9-5-2-6-10-21)24(29-22)25-16-19-7-3-1-4-8-19/h1-15,23,27-28H,16-17H2. The second kappa shape index (κ2) is 9.09. The first kappa shape index (κ1) is 19.5. The Balaban J connectivity index is 1.65. The van der Waals surface area contributed by atoms with Crippen molar-refractivity contribution < 1.29 is 10.2 Å².